The second kappa shape index (κ2) is 6.89. The molecule has 1 fully saturated rings. The molecule has 0 aliphatic carbocycles. The summed E-state index contributed by atoms with van der Waals surface area (Å²) in [4.78, 5) is 27.2. The SMILES string of the molecule is CC1CC(C)C(COP(=O)(O)OP(=O)(O)OP(C)(=O)O)O1. The van der Waals surface area contributed by atoms with Gasteiger partial charge < -0.3 is 19.4 Å². The molecular weight excluding hydrogens is 349 g/mol. The van der Waals surface area contributed by atoms with E-state index in [0.717, 1.165) is 6.42 Å². The molecule has 3 N–H and O–H groups in total. The van der Waals surface area contributed by atoms with Gasteiger partial charge in [0.1, 0.15) is 0 Å². The summed E-state index contributed by atoms with van der Waals surface area (Å²) >= 11 is 0. The van der Waals surface area contributed by atoms with E-state index in [1.807, 2.05) is 13.8 Å². The van der Waals surface area contributed by atoms with E-state index >= 15 is 0 Å². The first-order valence-electron chi connectivity index (χ1n) is 5.98. The molecule has 0 spiro atoms. The van der Waals surface area contributed by atoms with E-state index in [-0.39, 0.29) is 18.6 Å². The lowest BCUT2D eigenvalue weighted by molar-refractivity contribution is 0.00802. The van der Waals surface area contributed by atoms with Gasteiger partial charge in [0.2, 0.25) is 0 Å². The second-order valence-electron chi connectivity index (χ2n) is 4.90. The van der Waals surface area contributed by atoms with Crippen molar-refractivity contribution in [2.45, 2.75) is 32.5 Å². The van der Waals surface area contributed by atoms with Crippen LogP contribution >= 0.6 is 23.2 Å². The minimum Gasteiger partial charge on any atom is -0.373 e. The molecule has 10 nitrogen and oxygen atoms in total. The normalized spacial score (nSPS) is 34.9. The summed E-state index contributed by atoms with van der Waals surface area (Å²) in [6, 6.07) is 0. The Kier molecular flexibility index (Phi) is 6.38. The molecule has 6 unspecified atom stereocenters. The first kappa shape index (κ1) is 19.5. The second-order valence-corrected chi connectivity index (χ2v) is 9.94. The minimum absolute atomic E-state index is 0.0276. The van der Waals surface area contributed by atoms with Crippen molar-refractivity contribution in [2.75, 3.05) is 13.3 Å². The van der Waals surface area contributed by atoms with Gasteiger partial charge in [0, 0.05) is 6.66 Å². The van der Waals surface area contributed by atoms with Crippen molar-refractivity contribution in [1.82, 2.24) is 0 Å². The highest BCUT2D eigenvalue weighted by atomic mass is 31.3. The van der Waals surface area contributed by atoms with E-state index in [2.05, 4.69) is 13.1 Å². The van der Waals surface area contributed by atoms with Crippen LogP contribution in [0, 0.1) is 5.92 Å². The van der Waals surface area contributed by atoms with E-state index in [4.69, 9.17) is 14.5 Å². The summed E-state index contributed by atoms with van der Waals surface area (Å²) in [5.41, 5.74) is 0. The summed E-state index contributed by atoms with van der Waals surface area (Å²) in [6.45, 7) is 3.99. The molecule has 1 aliphatic heterocycles. The van der Waals surface area contributed by atoms with E-state index in [1.165, 1.54) is 0 Å². The van der Waals surface area contributed by atoms with Crippen molar-refractivity contribution < 1.29 is 46.3 Å². The Morgan fingerprint density at radius 1 is 1.10 bits per heavy atom. The lowest BCUT2D eigenvalue weighted by atomic mass is 10.0. The van der Waals surface area contributed by atoms with E-state index in [1.54, 1.807) is 0 Å². The van der Waals surface area contributed by atoms with Gasteiger partial charge in [-0.2, -0.15) is 4.31 Å². The molecule has 126 valence electrons. The molecule has 0 aromatic rings. The van der Waals surface area contributed by atoms with Gasteiger partial charge >= 0.3 is 23.2 Å². The zero-order valence-corrected chi connectivity index (χ0v) is 14.4. The lowest BCUT2D eigenvalue weighted by Crippen LogP contribution is -2.20. The van der Waals surface area contributed by atoms with Crippen LogP contribution in [0.15, 0.2) is 0 Å². The van der Waals surface area contributed by atoms with Gasteiger partial charge in [-0.1, -0.05) is 6.92 Å². The Balaban J connectivity index is 2.56. The van der Waals surface area contributed by atoms with Crippen molar-refractivity contribution in [3.63, 3.8) is 0 Å². The standard InChI is InChI=1S/C8H19O10P3/c1-6-4-7(2)16-8(6)5-15-20(11,12)18-21(13,14)17-19(3,9)10/h6-8H,4-5H2,1-3H3,(H,9,10)(H,11,12)(H,13,14). The van der Waals surface area contributed by atoms with Crippen LogP contribution in [0.5, 0.6) is 0 Å². The fourth-order valence-electron chi connectivity index (χ4n) is 1.89. The van der Waals surface area contributed by atoms with Gasteiger partial charge in [-0.05, 0) is 19.3 Å². The van der Waals surface area contributed by atoms with Crippen molar-refractivity contribution in [3.05, 3.63) is 0 Å². The molecule has 1 heterocycles. The van der Waals surface area contributed by atoms with Crippen molar-refractivity contribution in [3.8, 4) is 0 Å². The van der Waals surface area contributed by atoms with Crippen LogP contribution in [0.2, 0.25) is 0 Å². The van der Waals surface area contributed by atoms with Crippen LogP contribution in [0.1, 0.15) is 20.3 Å². The van der Waals surface area contributed by atoms with Gasteiger partial charge in [-0.25, -0.2) is 13.4 Å². The Hall–Kier alpha value is 0.410. The molecule has 0 amide bonds. The zero-order chi connectivity index (χ0) is 16.5. The monoisotopic (exact) mass is 368 g/mol. The van der Waals surface area contributed by atoms with Crippen LogP contribution in [-0.4, -0.2) is 40.2 Å². The first-order valence-corrected chi connectivity index (χ1v) is 11.0. The average Bonchev–Trinajstić information content (AvgIpc) is 2.48. The van der Waals surface area contributed by atoms with Crippen LogP contribution < -0.4 is 0 Å². The Bertz CT molecular complexity index is 501. The predicted molar refractivity (Wildman–Crippen MR) is 71.6 cm³/mol. The van der Waals surface area contributed by atoms with Gasteiger partial charge in [-0.3, -0.25) is 9.09 Å². The third kappa shape index (κ3) is 7.48. The molecule has 0 aromatic carbocycles. The summed E-state index contributed by atoms with van der Waals surface area (Å²) in [5.74, 6) is 0.0745. The predicted octanol–water partition coefficient (Wildman–Crippen LogP) is 1.87. The smallest absolute Gasteiger partial charge is 0.373 e. The van der Waals surface area contributed by atoms with Crippen LogP contribution in [-0.2, 0) is 31.6 Å². The Morgan fingerprint density at radius 2 is 1.67 bits per heavy atom. The maximum absolute atomic E-state index is 11.5. The summed E-state index contributed by atoms with van der Waals surface area (Å²) in [5, 5.41) is 0. The van der Waals surface area contributed by atoms with E-state index in [9.17, 15) is 18.6 Å². The van der Waals surface area contributed by atoms with Crippen molar-refractivity contribution >= 4 is 23.2 Å². The topological polar surface area (TPSA) is 149 Å². The number of phosphoric acid groups is 2. The van der Waals surface area contributed by atoms with E-state index in [0.29, 0.717) is 6.66 Å². The Morgan fingerprint density at radius 3 is 2.10 bits per heavy atom. The summed E-state index contributed by atoms with van der Waals surface area (Å²) in [7, 11) is -14.5. The lowest BCUT2D eigenvalue weighted by Gasteiger charge is -2.19. The summed E-state index contributed by atoms with van der Waals surface area (Å²) in [6.07, 6.45) is 0.258. The first-order chi connectivity index (χ1) is 9.30. The molecule has 21 heavy (non-hydrogen) atoms. The highest BCUT2D eigenvalue weighted by Gasteiger charge is 2.40. The number of ether oxygens (including phenoxy) is 1. The van der Waals surface area contributed by atoms with Crippen LogP contribution in [0.25, 0.3) is 0 Å². The molecule has 0 saturated carbocycles. The molecule has 1 aliphatic rings. The maximum atomic E-state index is 11.5. The Labute approximate surface area is 122 Å². The zero-order valence-electron chi connectivity index (χ0n) is 11.7. The molecular formula is C8H19O10P3. The third-order valence-electron chi connectivity index (χ3n) is 2.61. The molecule has 6 atom stereocenters. The number of hydrogen-bond donors (Lipinski definition) is 3. The van der Waals surface area contributed by atoms with Gasteiger partial charge in [0.05, 0.1) is 18.8 Å². The quantitative estimate of drug-likeness (QED) is 0.568. The van der Waals surface area contributed by atoms with Crippen LogP contribution in [0.4, 0.5) is 0 Å². The fraction of sp³-hybridized carbons (Fsp3) is 1.00. The average molecular weight is 368 g/mol. The van der Waals surface area contributed by atoms with Gasteiger partial charge in [0.15, 0.2) is 0 Å². The molecule has 13 heteroatoms. The van der Waals surface area contributed by atoms with Crippen molar-refractivity contribution in [1.29, 1.82) is 0 Å². The van der Waals surface area contributed by atoms with Gasteiger partial charge in [-0.15, -0.1) is 0 Å². The van der Waals surface area contributed by atoms with E-state index < -0.39 is 29.3 Å². The maximum Gasteiger partial charge on any atom is 0.488 e. The van der Waals surface area contributed by atoms with Gasteiger partial charge in [0.25, 0.3) is 0 Å². The largest absolute Gasteiger partial charge is 0.488 e. The molecule has 0 radical (unpaired) electrons. The molecule has 1 rings (SSSR count). The molecule has 0 bridgehead atoms. The number of rotatable bonds is 7. The minimum atomic E-state index is -5.22. The fourth-order valence-corrected chi connectivity index (χ4v) is 5.38. The third-order valence-corrected chi connectivity index (χ3v) is 6.77. The number of hydrogen-bond acceptors (Lipinski definition) is 7. The van der Waals surface area contributed by atoms with Crippen LogP contribution in [0.3, 0.4) is 0 Å². The summed E-state index contributed by atoms with van der Waals surface area (Å²) < 4.78 is 51.4. The molecule has 0 aromatic heterocycles. The van der Waals surface area contributed by atoms with Crippen molar-refractivity contribution in [2.24, 2.45) is 5.92 Å². The molecule has 1 saturated heterocycles. The highest BCUT2D eigenvalue weighted by Crippen LogP contribution is 2.66. The number of phosphoric ester groups is 1. The highest BCUT2D eigenvalue weighted by molar-refractivity contribution is 7.68.